The van der Waals surface area contributed by atoms with Gasteiger partial charge < -0.3 is 24.3 Å². The van der Waals surface area contributed by atoms with Crippen molar-refractivity contribution in [2.45, 2.75) is 13.2 Å². The number of methoxy groups -OCH3 is 1. The molecule has 0 unspecified atom stereocenters. The van der Waals surface area contributed by atoms with Crippen molar-refractivity contribution in [1.29, 1.82) is 0 Å². The Morgan fingerprint density at radius 2 is 1.96 bits per heavy atom. The van der Waals surface area contributed by atoms with Crippen LogP contribution in [-0.4, -0.2) is 30.0 Å². The van der Waals surface area contributed by atoms with Crippen LogP contribution in [0.2, 0.25) is 0 Å². The summed E-state index contributed by atoms with van der Waals surface area (Å²) in [5.41, 5.74) is 1.88. The van der Waals surface area contributed by atoms with E-state index in [0.717, 1.165) is 5.56 Å². The van der Waals surface area contributed by atoms with Gasteiger partial charge >= 0.3 is 0 Å². The van der Waals surface area contributed by atoms with Gasteiger partial charge in [0.1, 0.15) is 12.3 Å². The number of aromatic nitrogens is 2. The van der Waals surface area contributed by atoms with E-state index in [1.807, 2.05) is 42.5 Å². The van der Waals surface area contributed by atoms with Crippen molar-refractivity contribution in [3.05, 3.63) is 65.5 Å². The van der Waals surface area contributed by atoms with Gasteiger partial charge in [-0.05, 0) is 35.9 Å². The minimum atomic E-state index is -0.280. The number of hydrogen-bond acceptors (Lipinski definition) is 6. The molecule has 0 radical (unpaired) electrons. The van der Waals surface area contributed by atoms with E-state index in [-0.39, 0.29) is 19.3 Å². The molecule has 1 amide bonds. The number of H-pyrrole nitrogens is 1. The average Bonchev–Trinajstić information content (AvgIpc) is 3.39. The highest BCUT2D eigenvalue weighted by molar-refractivity contribution is 5.92. The molecule has 1 aromatic heterocycles. The standard InChI is InChI=1S/C20H19N3O5/c1-25-16-4-2-3-5-17(16)26-11-14-9-15(23-22-14)20(24)21-10-13-6-7-18-19(8-13)28-12-27-18/h2-9H,10-12H2,1H3,(H,21,24)(H,22,23). The molecule has 28 heavy (non-hydrogen) atoms. The SMILES string of the molecule is COc1ccccc1OCc1cc(C(=O)NCc2ccc3c(c2)OCO3)n[nH]1. The van der Waals surface area contributed by atoms with E-state index in [4.69, 9.17) is 18.9 Å². The number of fused-ring (bicyclic) bond motifs is 1. The Morgan fingerprint density at radius 3 is 2.82 bits per heavy atom. The van der Waals surface area contributed by atoms with Crippen molar-refractivity contribution in [2.24, 2.45) is 0 Å². The largest absolute Gasteiger partial charge is 0.493 e. The number of rotatable bonds is 7. The molecule has 1 aliphatic rings. The first-order chi connectivity index (χ1) is 13.7. The number of nitrogens with zero attached hydrogens (tertiary/aromatic N) is 1. The zero-order valence-electron chi connectivity index (χ0n) is 15.2. The summed E-state index contributed by atoms with van der Waals surface area (Å²) in [5.74, 6) is 2.37. The van der Waals surface area contributed by atoms with Crippen LogP contribution >= 0.6 is 0 Å². The first-order valence-electron chi connectivity index (χ1n) is 8.70. The Bertz CT molecular complexity index is 985. The number of hydrogen-bond donors (Lipinski definition) is 2. The van der Waals surface area contributed by atoms with Crippen molar-refractivity contribution < 1.29 is 23.7 Å². The molecule has 2 N–H and O–H groups in total. The van der Waals surface area contributed by atoms with Gasteiger partial charge in [0.25, 0.3) is 5.91 Å². The van der Waals surface area contributed by atoms with Crippen LogP contribution in [0.15, 0.2) is 48.5 Å². The Labute approximate surface area is 161 Å². The fourth-order valence-corrected chi connectivity index (χ4v) is 2.77. The second-order valence-corrected chi connectivity index (χ2v) is 6.09. The molecule has 8 heteroatoms. The third-order valence-electron chi connectivity index (χ3n) is 4.21. The number of para-hydroxylation sites is 2. The molecule has 0 spiro atoms. The fourth-order valence-electron chi connectivity index (χ4n) is 2.77. The van der Waals surface area contributed by atoms with Crippen molar-refractivity contribution in [2.75, 3.05) is 13.9 Å². The highest BCUT2D eigenvalue weighted by atomic mass is 16.7. The molecule has 0 aliphatic carbocycles. The summed E-state index contributed by atoms with van der Waals surface area (Å²) < 4.78 is 21.6. The number of carbonyl (C=O) groups excluding carboxylic acids is 1. The molecule has 0 saturated heterocycles. The topological polar surface area (TPSA) is 94.7 Å². The second-order valence-electron chi connectivity index (χ2n) is 6.09. The number of aromatic amines is 1. The van der Waals surface area contributed by atoms with E-state index < -0.39 is 0 Å². The highest BCUT2D eigenvalue weighted by Gasteiger charge is 2.15. The van der Waals surface area contributed by atoms with Crippen LogP contribution in [-0.2, 0) is 13.2 Å². The third-order valence-corrected chi connectivity index (χ3v) is 4.21. The maximum absolute atomic E-state index is 12.3. The predicted molar refractivity (Wildman–Crippen MR) is 99.6 cm³/mol. The number of ether oxygens (including phenoxy) is 4. The molecule has 144 valence electrons. The van der Waals surface area contributed by atoms with E-state index in [1.54, 1.807) is 13.2 Å². The van der Waals surface area contributed by atoms with Gasteiger partial charge in [-0.2, -0.15) is 5.10 Å². The Morgan fingerprint density at radius 1 is 1.14 bits per heavy atom. The Balaban J connectivity index is 1.32. The summed E-state index contributed by atoms with van der Waals surface area (Å²) in [6.45, 7) is 0.816. The minimum absolute atomic E-state index is 0.220. The highest BCUT2D eigenvalue weighted by Crippen LogP contribution is 2.32. The number of benzene rings is 2. The predicted octanol–water partition coefficient (Wildman–Crippen LogP) is 2.66. The number of amides is 1. The maximum atomic E-state index is 12.3. The lowest BCUT2D eigenvalue weighted by atomic mass is 10.2. The van der Waals surface area contributed by atoms with Crippen molar-refractivity contribution >= 4 is 5.91 Å². The van der Waals surface area contributed by atoms with E-state index in [0.29, 0.717) is 40.9 Å². The minimum Gasteiger partial charge on any atom is -0.493 e. The first kappa shape index (κ1) is 17.7. The molecule has 8 nitrogen and oxygen atoms in total. The number of nitrogens with one attached hydrogen (secondary N) is 2. The lowest BCUT2D eigenvalue weighted by Gasteiger charge is -2.08. The summed E-state index contributed by atoms with van der Waals surface area (Å²) >= 11 is 0. The van der Waals surface area contributed by atoms with Gasteiger partial charge in [-0.3, -0.25) is 9.89 Å². The van der Waals surface area contributed by atoms with Crippen molar-refractivity contribution in [3.63, 3.8) is 0 Å². The third kappa shape index (κ3) is 3.85. The van der Waals surface area contributed by atoms with Crippen molar-refractivity contribution in [3.8, 4) is 23.0 Å². The van der Waals surface area contributed by atoms with Crippen molar-refractivity contribution in [1.82, 2.24) is 15.5 Å². The zero-order valence-corrected chi connectivity index (χ0v) is 15.2. The van der Waals surface area contributed by atoms with Crippen LogP contribution in [0.4, 0.5) is 0 Å². The van der Waals surface area contributed by atoms with E-state index in [1.165, 1.54) is 0 Å². The molecule has 0 atom stereocenters. The molecule has 2 heterocycles. The lowest BCUT2D eigenvalue weighted by Crippen LogP contribution is -2.23. The quantitative estimate of drug-likeness (QED) is 0.653. The summed E-state index contributed by atoms with van der Waals surface area (Å²) in [4.78, 5) is 12.3. The van der Waals surface area contributed by atoms with E-state index >= 15 is 0 Å². The monoisotopic (exact) mass is 381 g/mol. The molecule has 4 rings (SSSR count). The summed E-state index contributed by atoms with van der Waals surface area (Å²) in [5, 5.41) is 9.69. The van der Waals surface area contributed by atoms with Gasteiger partial charge in [0.05, 0.1) is 12.8 Å². The Kier molecular flexibility index (Phi) is 5.01. The van der Waals surface area contributed by atoms with Gasteiger partial charge in [0.2, 0.25) is 6.79 Å². The maximum Gasteiger partial charge on any atom is 0.272 e. The van der Waals surface area contributed by atoms with Gasteiger partial charge in [-0.1, -0.05) is 18.2 Å². The van der Waals surface area contributed by atoms with Gasteiger partial charge in [0, 0.05) is 6.54 Å². The molecular weight excluding hydrogens is 362 g/mol. The van der Waals surface area contributed by atoms with Crippen LogP contribution in [0.1, 0.15) is 21.7 Å². The van der Waals surface area contributed by atoms with Crippen LogP contribution in [0.3, 0.4) is 0 Å². The zero-order chi connectivity index (χ0) is 19.3. The summed E-state index contributed by atoms with van der Waals surface area (Å²) in [7, 11) is 1.58. The lowest BCUT2D eigenvalue weighted by molar-refractivity contribution is 0.0946. The normalized spacial score (nSPS) is 11.9. The first-order valence-corrected chi connectivity index (χ1v) is 8.70. The second kappa shape index (κ2) is 7.91. The molecular formula is C20H19N3O5. The smallest absolute Gasteiger partial charge is 0.272 e. The summed E-state index contributed by atoms with van der Waals surface area (Å²) in [6.07, 6.45) is 0. The molecule has 1 aliphatic heterocycles. The van der Waals surface area contributed by atoms with Gasteiger partial charge in [0.15, 0.2) is 23.0 Å². The Hall–Kier alpha value is -3.68. The van der Waals surface area contributed by atoms with Crippen LogP contribution in [0.25, 0.3) is 0 Å². The van der Waals surface area contributed by atoms with E-state index in [2.05, 4.69) is 15.5 Å². The van der Waals surface area contributed by atoms with Crippen LogP contribution in [0.5, 0.6) is 23.0 Å². The van der Waals surface area contributed by atoms with Gasteiger partial charge in [-0.25, -0.2) is 0 Å². The average molecular weight is 381 g/mol. The van der Waals surface area contributed by atoms with Crippen LogP contribution < -0.4 is 24.3 Å². The molecule has 0 saturated carbocycles. The molecule has 0 fully saturated rings. The number of carbonyl (C=O) groups is 1. The van der Waals surface area contributed by atoms with Crippen LogP contribution in [0, 0.1) is 0 Å². The molecule has 2 aromatic carbocycles. The molecule has 0 bridgehead atoms. The summed E-state index contributed by atoms with van der Waals surface area (Å²) in [6, 6.07) is 14.6. The molecule has 3 aromatic rings. The van der Waals surface area contributed by atoms with Gasteiger partial charge in [-0.15, -0.1) is 0 Å². The van der Waals surface area contributed by atoms with E-state index in [9.17, 15) is 4.79 Å². The fraction of sp³-hybridized carbons (Fsp3) is 0.200.